The summed E-state index contributed by atoms with van der Waals surface area (Å²) in [6.07, 6.45) is 3.36. The molecule has 350 valence electrons. The Hall–Kier alpha value is -4.06. The van der Waals surface area contributed by atoms with Gasteiger partial charge in [-0.05, 0) is 81.3 Å². The first-order chi connectivity index (χ1) is 30.5. The second-order valence-corrected chi connectivity index (χ2v) is 21.3. The molecule has 0 radical (unpaired) electrons. The van der Waals surface area contributed by atoms with Crippen molar-refractivity contribution in [2.75, 3.05) is 45.6 Å². The van der Waals surface area contributed by atoms with Crippen LogP contribution in [-0.2, 0) is 23.9 Å². The Labute approximate surface area is 384 Å². The Morgan fingerprint density at radius 2 is 1.81 bits per heavy atom. The predicted molar refractivity (Wildman–Crippen MR) is 244 cm³/mol. The van der Waals surface area contributed by atoms with Crippen LogP contribution in [0, 0.1) is 23.2 Å². The van der Waals surface area contributed by atoms with Crippen LogP contribution in [0.25, 0.3) is 10.9 Å². The molecular formula is C46H64ClN7O9S. The van der Waals surface area contributed by atoms with Crippen molar-refractivity contribution in [2.24, 2.45) is 28.2 Å². The molecule has 3 saturated carbocycles. The highest BCUT2D eigenvalue weighted by Gasteiger charge is 2.61. The number of halogens is 1. The van der Waals surface area contributed by atoms with E-state index in [-0.39, 0.29) is 43.2 Å². The summed E-state index contributed by atoms with van der Waals surface area (Å²) in [7, 11) is 1.74. The number of methoxy groups -OCH3 is 1. The molecule has 3 amide bonds. The first-order valence-electron chi connectivity index (χ1n) is 22.9. The third-order valence-electron chi connectivity index (χ3n) is 13.8. The summed E-state index contributed by atoms with van der Waals surface area (Å²) in [5.41, 5.74) is -1.09. The average Bonchev–Trinajstić information content (AvgIpc) is 3.72. The lowest BCUT2D eigenvalue weighted by Crippen LogP contribution is -2.59. The van der Waals surface area contributed by atoms with Crippen molar-refractivity contribution >= 4 is 63.3 Å². The predicted octanol–water partition coefficient (Wildman–Crippen LogP) is 5.79. The van der Waals surface area contributed by atoms with Gasteiger partial charge in [-0.3, -0.25) is 19.5 Å². The molecule has 4 N–H and O–H groups in total. The first-order valence-corrected chi connectivity index (χ1v) is 24.3. The Balaban J connectivity index is 1.08. The second kappa shape index (κ2) is 18.7. The molecule has 5 fully saturated rings. The lowest BCUT2D eigenvalue weighted by molar-refractivity contribution is -0.146. The summed E-state index contributed by atoms with van der Waals surface area (Å²) in [6.45, 7) is 14.4. The molecule has 6 aliphatic rings. The number of nitrogens with zero attached hydrogens (tertiary/aromatic N) is 4. The fraction of sp³-hybridized carbons (Fsp3) is 0.696. The van der Waals surface area contributed by atoms with Gasteiger partial charge in [0.15, 0.2) is 5.17 Å². The second-order valence-electron chi connectivity index (χ2n) is 19.9. The number of likely N-dealkylation sites (tertiary alicyclic amines) is 2. The van der Waals surface area contributed by atoms with Crippen LogP contribution in [0.15, 0.2) is 23.2 Å². The Morgan fingerprint density at radius 3 is 2.47 bits per heavy atom. The Kier molecular flexibility index (Phi) is 13.6. The maximum Gasteiger partial charge on any atom is 0.408 e. The molecule has 2 saturated heterocycles. The minimum Gasteiger partial charge on any atom is -0.491 e. The van der Waals surface area contributed by atoms with Crippen LogP contribution in [-0.4, -0.2) is 137 Å². The molecule has 4 heterocycles. The van der Waals surface area contributed by atoms with Crippen molar-refractivity contribution in [1.82, 2.24) is 30.7 Å². The molecular weight excluding hydrogens is 862 g/mol. The highest BCUT2D eigenvalue weighted by Crippen LogP contribution is 2.52. The van der Waals surface area contributed by atoms with Gasteiger partial charge in [-0.2, -0.15) is 0 Å². The molecule has 0 bridgehead atoms. The maximum absolute atomic E-state index is 14.8. The lowest BCUT2D eigenvalue weighted by Gasteiger charge is -2.35. The van der Waals surface area contributed by atoms with E-state index in [9.17, 15) is 24.3 Å². The minimum atomic E-state index is -1.41. The molecule has 1 aromatic heterocycles. The summed E-state index contributed by atoms with van der Waals surface area (Å²) in [5.74, 6) is 0.355. The van der Waals surface area contributed by atoms with E-state index in [4.69, 9.17) is 40.5 Å². The number of carboxylic acid groups (broad SMARTS) is 1. The van der Waals surface area contributed by atoms with E-state index < -0.39 is 53.0 Å². The Morgan fingerprint density at radius 1 is 1.05 bits per heavy atom. The Bertz CT molecular complexity index is 2150. The standard InChI is InChI=1S/C46H64ClN7O9S/c1-8-27-20-46(27,42(57)58)52-40(55)34-18-30(22-54(34)41(56)39(45(4,5)6)51-44(59)63-29-16-25-15-26(25)17-29)62-36-19-32(33-23-64-43(50-33)48-24(2)3)49-38-31(36)9-10-35(37(38)47)61-14-13-53-12-11-28(21-53)60-7/h9-10,19,24-30,33-34,39H,8,11-18,20-23H2,1-7H3,(H,48,50)(H,51,59)(H,52,55)(H,57,58)/t25-,26+,27-,28-,29?,30-,33?,34+,39-,46?/m1/s1. The number of thioether (sulfide) groups is 1. The molecule has 16 nitrogen and oxygen atoms in total. The van der Waals surface area contributed by atoms with Crippen molar-refractivity contribution < 1.29 is 43.2 Å². The number of carbonyl (C=O) groups is 4. The van der Waals surface area contributed by atoms with Crippen molar-refractivity contribution in [3.63, 3.8) is 0 Å². The van der Waals surface area contributed by atoms with E-state index in [1.807, 2.05) is 39.8 Å². The molecule has 64 heavy (non-hydrogen) atoms. The van der Waals surface area contributed by atoms with Crippen LogP contribution in [0.1, 0.15) is 98.2 Å². The number of aromatic nitrogens is 1. The molecule has 10 atom stereocenters. The van der Waals surface area contributed by atoms with E-state index in [2.05, 4.69) is 34.7 Å². The van der Waals surface area contributed by atoms with Gasteiger partial charge in [0.1, 0.15) is 59.0 Å². The summed E-state index contributed by atoms with van der Waals surface area (Å²) in [5, 5.41) is 21.1. The number of amides is 3. The molecule has 3 unspecified atom stereocenters. The average molecular weight is 927 g/mol. The number of pyridine rings is 1. The van der Waals surface area contributed by atoms with E-state index in [1.165, 1.54) is 11.3 Å². The maximum atomic E-state index is 14.8. The van der Waals surface area contributed by atoms with Gasteiger partial charge in [0, 0.05) is 56.4 Å². The summed E-state index contributed by atoms with van der Waals surface area (Å²) in [4.78, 5) is 68.8. The van der Waals surface area contributed by atoms with Crippen molar-refractivity contribution in [3.8, 4) is 11.5 Å². The molecule has 8 rings (SSSR count). The van der Waals surface area contributed by atoms with E-state index >= 15 is 0 Å². The van der Waals surface area contributed by atoms with E-state index in [0.29, 0.717) is 76.7 Å². The number of carbonyl (C=O) groups excluding carboxylic acids is 3. The quantitative estimate of drug-likeness (QED) is 0.158. The van der Waals surface area contributed by atoms with Gasteiger partial charge in [0.05, 0.1) is 23.9 Å². The molecule has 0 spiro atoms. The zero-order valence-corrected chi connectivity index (χ0v) is 39.6. The lowest BCUT2D eigenvalue weighted by atomic mass is 9.85. The first kappa shape index (κ1) is 46.5. The highest BCUT2D eigenvalue weighted by molar-refractivity contribution is 8.14. The summed E-state index contributed by atoms with van der Waals surface area (Å²) >= 11 is 8.75. The third-order valence-corrected chi connectivity index (χ3v) is 15.2. The van der Waals surface area contributed by atoms with Gasteiger partial charge in [0.2, 0.25) is 11.8 Å². The number of hydrogen-bond donors (Lipinski definition) is 4. The zero-order valence-electron chi connectivity index (χ0n) is 38.0. The monoisotopic (exact) mass is 925 g/mol. The number of aliphatic carboxylic acids is 1. The SMILES string of the molecule is CC[C@@H]1CC1(NC(=O)[C@@H]1C[C@@H](Oc2cc(C3CSC(NC(C)C)=N3)nc3c(Cl)c(OCCN4CC[C@@H](OC)C4)ccc23)CN1C(=O)[C@@H](NC(=O)OC1C[C@@H]2C[C@@H]2C1)C(C)(C)C)C(=O)O. The fourth-order valence-corrected chi connectivity index (χ4v) is 11.3. The highest BCUT2D eigenvalue weighted by atomic mass is 35.5. The number of carboxylic acids is 1. The van der Waals surface area contributed by atoms with Gasteiger partial charge in [0.25, 0.3) is 0 Å². The third kappa shape index (κ3) is 10.0. The van der Waals surface area contributed by atoms with Crippen LogP contribution in [0.2, 0.25) is 5.02 Å². The normalized spacial score (nSPS) is 30.2. The largest absolute Gasteiger partial charge is 0.491 e. The smallest absolute Gasteiger partial charge is 0.408 e. The number of ether oxygens (including phenoxy) is 4. The number of fused-ring (bicyclic) bond motifs is 2. The minimum absolute atomic E-state index is 0.0160. The molecule has 18 heteroatoms. The number of benzene rings is 1. The van der Waals surface area contributed by atoms with Gasteiger partial charge < -0.3 is 44.9 Å². The van der Waals surface area contributed by atoms with Gasteiger partial charge in [-0.15, -0.1) is 0 Å². The zero-order chi connectivity index (χ0) is 45.7. The number of alkyl carbamates (subject to hydrolysis) is 1. The number of hydrogen-bond acceptors (Lipinski definition) is 13. The van der Waals surface area contributed by atoms with E-state index in [1.54, 1.807) is 24.9 Å². The summed E-state index contributed by atoms with van der Waals surface area (Å²) < 4.78 is 24.4. The fourth-order valence-electron chi connectivity index (χ4n) is 9.96. The number of amidine groups is 1. The van der Waals surface area contributed by atoms with Crippen LogP contribution in [0.3, 0.4) is 0 Å². The number of aliphatic imine (C=N–C) groups is 1. The van der Waals surface area contributed by atoms with Crippen LogP contribution in [0.4, 0.5) is 4.79 Å². The number of nitrogens with one attached hydrogen (secondary N) is 3. The molecule has 3 aliphatic heterocycles. The van der Waals surface area contributed by atoms with Crippen LogP contribution in [0.5, 0.6) is 11.5 Å². The van der Waals surface area contributed by atoms with Crippen molar-refractivity contribution in [2.45, 2.75) is 135 Å². The summed E-state index contributed by atoms with van der Waals surface area (Å²) in [6, 6.07) is 3.23. The van der Waals surface area contributed by atoms with Crippen LogP contribution < -0.4 is 25.4 Å². The van der Waals surface area contributed by atoms with Gasteiger partial charge in [-0.1, -0.05) is 57.5 Å². The molecule has 2 aromatic rings. The van der Waals surface area contributed by atoms with Gasteiger partial charge in [-0.25, -0.2) is 14.6 Å². The molecule has 3 aliphatic carbocycles. The molecule has 1 aromatic carbocycles. The van der Waals surface area contributed by atoms with Gasteiger partial charge >= 0.3 is 12.1 Å². The van der Waals surface area contributed by atoms with Crippen LogP contribution >= 0.6 is 23.4 Å². The van der Waals surface area contributed by atoms with Crippen molar-refractivity contribution in [3.05, 3.63) is 28.9 Å². The van der Waals surface area contributed by atoms with Crippen molar-refractivity contribution in [1.29, 1.82) is 0 Å². The van der Waals surface area contributed by atoms with E-state index in [0.717, 1.165) is 37.5 Å². The topological polar surface area (TPSA) is 193 Å². The number of rotatable bonds is 16.